The number of hydrogen-bond donors (Lipinski definition) is 0. The third kappa shape index (κ3) is 4.38. The Hall–Kier alpha value is -2.35. The summed E-state index contributed by atoms with van der Waals surface area (Å²) in [6.07, 6.45) is 3.72. The lowest BCUT2D eigenvalue weighted by Crippen LogP contribution is -2.14. The Bertz CT molecular complexity index is 892. The van der Waals surface area contributed by atoms with Crippen molar-refractivity contribution < 1.29 is 22.0 Å². The molecule has 3 rings (SSSR count). The number of hydrogen-bond acceptors (Lipinski definition) is 0. The first-order valence-electron chi connectivity index (χ1n) is 9.53. The number of benzene rings is 2. The minimum atomic E-state index is -1.45. The SMILES string of the molecule is CCCc1cc(F)c(C#C[C@H]2CC[C@H](c3ccc(F)c(F)c3F)CC2)c(F)c1. The van der Waals surface area contributed by atoms with Crippen molar-refractivity contribution in [3.05, 3.63) is 70.0 Å². The first-order valence-corrected chi connectivity index (χ1v) is 9.53. The van der Waals surface area contributed by atoms with Crippen LogP contribution < -0.4 is 0 Å². The van der Waals surface area contributed by atoms with Crippen LogP contribution in [-0.2, 0) is 6.42 Å². The number of aryl methyl sites for hydroxylation is 1. The van der Waals surface area contributed by atoms with Crippen molar-refractivity contribution >= 4 is 0 Å². The largest absolute Gasteiger partial charge is 0.206 e. The Balaban J connectivity index is 1.68. The maximum absolute atomic E-state index is 14.1. The van der Waals surface area contributed by atoms with Crippen LogP contribution in [0.5, 0.6) is 0 Å². The molecule has 2 aromatic carbocycles. The lowest BCUT2D eigenvalue weighted by molar-refractivity contribution is 0.366. The van der Waals surface area contributed by atoms with Gasteiger partial charge in [-0.15, -0.1) is 0 Å². The zero-order chi connectivity index (χ0) is 20.3. The summed E-state index contributed by atoms with van der Waals surface area (Å²) in [7, 11) is 0. The molecule has 28 heavy (non-hydrogen) atoms. The lowest BCUT2D eigenvalue weighted by Gasteiger charge is -2.26. The Morgan fingerprint density at radius 2 is 1.50 bits per heavy atom. The molecule has 1 aliphatic rings. The molecule has 0 radical (unpaired) electrons. The highest BCUT2D eigenvalue weighted by Gasteiger charge is 2.26. The van der Waals surface area contributed by atoms with E-state index < -0.39 is 29.1 Å². The van der Waals surface area contributed by atoms with Gasteiger partial charge in [-0.25, -0.2) is 22.0 Å². The summed E-state index contributed by atoms with van der Waals surface area (Å²) in [4.78, 5) is 0. The van der Waals surface area contributed by atoms with Crippen LogP contribution in [0.2, 0.25) is 0 Å². The van der Waals surface area contributed by atoms with Crippen molar-refractivity contribution in [2.75, 3.05) is 0 Å². The second-order valence-corrected chi connectivity index (χ2v) is 7.27. The van der Waals surface area contributed by atoms with Gasteiger partial charge >= 0.3 is 0 Å². The van der Waals surface area contributed by atoms with E-state index in [9.17, 15) is 22.0 Å². The van der Waals surface area contributed by atoms with Crippen molar-refractivity contribution in [1.82, 2.24) is 0 Å². The molecule has 5 heteroatoms. The van der Waals surface area contributed by atoms with E-state index in [1.165, 1.54) is 18.2 Å². The van der Waals surface area contributed by atoms with Gasteiger partial charge in [0, 0.05) is 5.92 Å². The van der Waals surface area contributed by atoms with Gasteiger partial charge in [-0.05, 0) is 67.3 Å². The van der Waals surface area contributed by atoms with Crippen LogP contribution in [0.3, 0.4) is 0 Å². The maximum Gasteiger partial charge on any atom is 0.194 e. The summed E-state index contributed by atoms with van der Waals surface area (Å²) < 4.78 is 68.8. The highest BCUT2D eigenvalue weighted by Crippen LogP contribution is 2.37. The highest BCUT2D eigenvalue weighted by atomic mass is 19.2. The fraction of sp³-hybridized carbons (Fsp3) is 0.391. The molecule has 0 N–H and O–H groups in total. The summed E-state index contributed by atoms with van der Waals surface area (Å²) in [5.74, 6) is 0.158. The Labute approximate surface area is 161 Å². The average Bonchev–Trinajstić information content (AvgIpc) is 2.66. The van der Waals surface area contributed by atoms with E-state index in [1.54, 1.807) is 0 Å². The topological polar surface area (TPSA) is 0 Å². The summed E-state index contributed by atoms with van der Waals surface area (Å²) >= 11 is 0. The molecule has 0 amide bonds. The van der Waals surface area contributed by atoms with Gasteiger partial charge < -0.3 is 0 Å². The van der Waals surface area contributed by atoms with E-state index in [-0.39, 0.29) is 23.0 Å². The molecule has 0 aliphatic heterocycles. The van der Waals surface area contributed by atoms with Crippen molar-refractivity contribution in [1.29, 1.82) is 0 Å². The van der Waals surface area contributed by atoms with Crippen molar-refractivity contribution in [2.24, 2.45) is 5.92 Å². The van der Waals surface area contributed by atoms with Gasteiger partial charge in [-0.3, -0.25) is 0 Å². The molecule has 0 heterocycles. The molecule has 0 unspecified atom stereocenters. The van der Waals surface area contributed by atoms with Gasteiger partial charge in [0.1, 0.15) is 11.6 Å². The third-order valence-corrected chi connectivity index (χ3v) is 5.27. The third-order valence-electron chi connectivity index (χ3n) is 5.27. The first kappa shape index (κ1) is 20.4. The Morgan fingerprint density at radius 1 is 0.857 bits per heavy atom. The summed E-state index contributed by atoms with van der Waals surface area (Å²) in [6.45, 7) is 1.94. The smallest absolute Gasteiger partial charge is 0.194 e. The molecule has 148 valence electrons. The zero-order valence-corrected chi connectivity index (χ0v) is 15.6. The lowest BCUT2D eigenvalue weighted by atomic mass is 9.78. The van der Waals surface area contributed by atoms with Crippen molar-refractivity contribution in [2.45, 2.75) is 51.4 Å². The van der Waals surface area contributed by atoms with Crippen LogP contribution in [0.4, 0.5) is 22.0 Å². The predicted molar refractivity (Wildman–Crippen MR) is 98.2 cm³/mol. The average molecular weight is 392 g/mol. The normalized spacial score (nSPS) is 19.2. The molecular weight excluding hydrogens is 371 g/mol. The fourth-order valence-corrected chi connectivity index (χ4v) is 3.76. The van der Waals surface area contributed by atoms with Crippen molar-refractivity contribution in [3.63, 3.8) is 0 Å². The minimum absolute atomic E-state index is 0.0706. The summed E-state index contributed by atoms with van der Waals surface area (Å²) in [6, 6.07) is 4.86. The Kier molecular flexibility index (Phi) is 6.39. The molecule has 2 aromatic rings. The maximum atomic E-state index is 14.1. The molecule has 0 aromatic heterocycles. The van der Waals surface area contributed by atoms with E-state index >= 15 is 0 Å². The van der Waals surface area contributed by atoms with Crippen LogP contribution in [0, 0.1) is 46.8 Å². The van der Waals surface area contributed by atoms with Crippen LogP contribution in [-0.4, -0.2) is 0 Å². The molecule has 0 saturated heterocycles. The van der Waals surface area contributed by atoms with Gasteiger partial charge in [-0.1, -0.05) is 31.3 Å². The molecule has 1 fully saturated rings. The van der Waals surface area contributed by atoms with E-state index in [0.29, 0.717) is 37.7 Å². The van der Waals surface area contributed by atoms with E-state index in [4.69, 9.17) is 0 Å². The van der Waals surface area contributed by atoms with Crippen LogP contribution in [0.15, 0.2) is 24.3 Å². The molecular formula is C23H21F5. The van der Waals surface area contributed by atoms with Gasteiger partial charge in [0.05, 0.1) is 5.56 Å². The zero-order valence-electron chi connectivity index (χ0n) is 15.6. The van der Waals surface area contributed by atoms with Crippen LogP contribution in [0.25, 0.3) is 0 Å². The van der Waals surface area contributed by atoms with Gasteiger partial charge in [0.15, 0.2) is 17.5 Å². The monoisotopic (exact) mass is 392 g/mol. The predicted octanol–water partition coefficient (Wildman–Crippen LogP) is 6.66. The van der Waals surface area contributed by atoms with E-state index in [0.717, 1.165) is 12.5 Å². The molecule has 0 nitrogen and oxygen atoms in total. The fourth-order valence-electron chi connectivity index (χ4n) is 3.76. The quantitative estimate of drug-likeness (QED) is 0.311. The van der Waals surface area contributed by atoms with Crippen LogP contribution >= 0.6 is 0 Å². The first-order chi connectivity index (χ1) is 13.4. The highest BCUT2D eigenvalue weighted by molar-refractivity contribution is 5.39. The minimum Gasteiger partial charge on any atom is -0.206 e. The van der Waals surface area contributed by atoms with E-state index in [1.807, 2.05) is 6.92 Å². The molecule has 0 atom stereocenters. The molecule has 1 aliphatic carbocycles. The molecule has 0 bridgehead atoms. The summed E-state index contributed by atoms with van der Waals surface area (Å²) in [5, 5.41) is 0. The van der Waals surface area contributed by atoms with Gasteiger partial charge in [0.25, 0.3) is 0 Å². The Morgan fingerprint density at radius 3 is 2.11 bits per heavy atom. The van der Waals surface area contributed by atoms with Gasteiger partial charge in [-0.2, -0.15) is 0 Å². The van der Waals surface area contributed by atoms with Gasteiger partial charge in [0.2, 0.25) is 0 Å². The standard InChI is InChI=1S/C23H21F5/c1-2-3-15-12-20(25)18(21(26)13-15)9-6-14-4-7-16(8-5-14)17-10-11-19(24)23(28)22(17)27/h10-14,16H,2-5,7-8H2,1H3/t14-,16-. The second kappa shape index (κ2) is 8.77. The number of rotatable bonds is 3. The summed E-state index contributed by atoms with van der Waals surface area (Å²) in [5.41, 5.74) is 0.555. The number of halogens is 5. The second-order valence-electron chi connectivity index (χ2n) is 7.27. The van der Waals surface area contributed by atoms with Crippen molar-refractivity contribution in [3.8, 4) is 11.8 Å². The van der Waals surface area contributed by atoms with Crippen LogP contribution in [0.1, 0.15) is 61.6 Å². The molecule has 0 spiro atoms. The van der Waals surface area contributed by atoms with E-state index in [2.05, 4.69) is 11.8 Å². The molecule has 1 saturated carbocycles.